The van der Waals surface area contributed by atoms with Crippen molar-refractivity contribution in [2.24, 2.45) is 68.1 Å². The molecular formula is C36H55NO3. The first-order valence-corrected chi connectivity index (χ1v) is 16.5. The minimum Gasteiger partial charge on any atom is -0.396 e. The van der Waals surface area contributed by atoms with E-state index in [-0.39, 0.29) is 41.5 Å². The van der Waals surface area contributed by atoms with Gasteiger partial charge in [0.1, 0.15) is 0 Å². The van der Waals surface area contributed by atoms with Crippen LogP contribution in [0.15, 0.2) is 40.4 Å². The van der Waals surface area contributed by atoms with Gasteiger partial charge < -0.3 is 15.3 Å². The molecule has 4 heteroatoms. The third-order valence-corrected chi connectivity index (χ3v) is 13.9. The Bertz CT molecular complexity index is 1100. The summed E-state index contributed by atoms with van der Waals surface area (Å²) in [6.07, 6.45) is 18.0. The summed E-state index contributed by atoms with van der Waals surface area (Å²) in [5, 5.41) is 31.0. The Labute approximate surface area is 243 Å². The normalized spacial score (nSPS) is 45.5. The van der Waals surface area contributed by atoms with Crippen molar-refractivity contribution in [3.05, 3.63) is 35.5 Å². The Morgan fingerprint density at radius 1 is 1.12 bits per heavy atom. The molecular weight excluding hydrogens is 494 g/mol. The average molecular weight is 550 g/mol. The Hall–Kier alpha value is -1.23. The molecule has 0 radical (unpaired) electrons. The first-order chi connectivity index (χ1) is 19.1. The van der Waals surface area contributed by atoms with E-state index in [1.165, 1.54) is 49.7 Å². The van der Waals surface area contributed by atoms with Gasteiger partial charge in [-0.1, -0.05) is 57.6 Å². The SMILES string of the molecule is C=C1C=C2C3(CCC(CC(CO)CC4=CCN=C4)C3)CC3(CCC(CCCO)C3CO)C(C)C2(C)C2C1C2(C)C. The van der Waals surface area contributed by atoms with Gasteiger partial charge in [0.05, 0.1) is 6.54 Å². The fourth-order valence-corrected chi connectivity index (χ4v) is 12.2. The Morgan fingerprint density at radius 3 is 2.60 bits per heavy atom. The monoisotopic (exact) mass is 549 g/mol. The summed E-state index contributed by atoms with van der Waals surface area (Å²) in [6, 6.07) is 0. The average Bonchev–Trinajstić information content (AvgIpc) is 3.39. The Balaban J connectivity index is 1.35. The first-order valence-electron chi connectivity index (χ1n) is 16.5. The van der Waals surface area contributed by atoms with Gasteiger partial charge in [0.15, 0.2) is 0 Å². The fraction of sp³-hybridized carbons (Fsp3) is 0.806. The lowest BCUT2D eigenvalue weighted by molar-refractivity contribution is -0.0912. The summed E-state index contributed by atoms with van der Waals surface area (Å²) in [5.74, 6) is 3.51. The molecule has 0 bridgehead atoms. The van der Waals surface area contributed by atoms with E-state index in [1.54, 1.807) is 5.57 Å². The van der Waals surface area contributed by atoms with Crippen LogP contribution < -0.4 is 0 Å². The molecule has 2 spiro atoms. The molecule has 0 amide bonds. The second-order valence-electron chi connectivity index (χ2n) is 15.9. The number of hydrogen-bond acceptors (Lipinski definition) is 4. The molecule has 6 aliphatic rings. The van der Waals surface area contributed by atoms with Gasteiger partial charge >= 0.3 is 0 Å². The molecule has 0 aromatic heterocycles. The van der Waals surface area contributed by atoms with Gasteiger partial charge in [-0.2, -0.15) is 0 Å². The molecule has 10 unspecified atom stereocenters. The van der Waals surface area contributed by atoms with Gasteiger partial charge in [-0.25, -0.2) is 0 Å². The fourth-order valence-electron chi connectivity index (χ4n) is 12.2. The van der Waals surface area contributed by atoms with Gasteiger partial charge in [0, 0.05) is 26.0 Å². The van der Waals surface area contributed by atoms with E-state index in [0.29, 0.717) is 41.4 Å². The number of fused-ring (bicyclic) bond motifs is 4. The molecule has 1 heterocycles. The van der Waals surface area contributed by atoms with Crippen molar-refractivity contribution < 1.29 is 15.3 Å². The largest absolute Gasteiger partial charge is 0.396 e. The second kappa shape index (κ2) is 10.2. The maximum absolute atomic E-state index is 11.0. The van der Waals surface area contributed by atoms with E-state index in [0.717, 1.165) is 32.2 Å². The molecule has 4 nitrogen and oxygen atoms in total. The van der Waals surface area contributed by atoms with E-state index < -0.39 is 0 Å². The molecule has 0 aromatic rings. The number of aliphatic hydroxyl groups excluding tert-OH is 3. The molecule has 6 rings (SSSR count). The predicted molar refractivity (Wildman–Crippen MR) is 163 cm³/mol. The highest BCUT2D eigenvalue weighted by Crippen LogP contribution is 2.82. The van der Waals surface area contributed by atoms with Crippen molar-refractivity contribution in [2.45, 2.75) is 91.9 Å². The predicted octanol–water partition coefficient (Wildman–Crippen LogP) is 6.76. The van der Waals surface area contributed by atoms with Crippen molar-refractivity contribution in [1.82, 2.24) is 0 Å². The van der Waals surface area contributed by atoms with E-state index in [2.05, 4.69) is 51.4 Å². The maximum Gasteiger partial charge on any atom is 0.0576 e. The summed E-state index contributed by atoms with van der Waals surface area (Å²) < 4.78 is 0. The molecule has 3 N–H and O–H groups in total. The maximum atomic E-state index is 11.0. The highest BCUT2D eigenvalue weighted by molar-refractivity contribution is 5.80. The zero-order valence-electron chi connectivity index (χ0n) is 25.7. The molecule has 0 saturated heterocycles. The lowest BCUT2D eigenvalue weighted by Crippen LogP contribution is -2.56. The zero-order valence-corrected chi connectivity index (χ0v) is 25.7. The third-order valence-electron chi connectivity index (χ3n) is 13.9. The minimum absolute atomic E-state index is 0.128. The summed E-state index contributed by atoms with van der Waals surface area (Å²) in [5.41, 5.74) is 5.09. The first kappa shape index (κ1) is 28.9. The van der Waals surface area contributed by atoms with Crippen LogP contribution in [0.3, 0.4) is 0 Å². The number of hydrogen-bond donors (Lipinski definition) is 3. The van der Waals surface area contributed by atoms with Crippen LogP contribution in [0.1, 0.15) is 91.9 Å². The van der Waals surface area contributed by atoms with Crippen LogP contribution in [0.4, 0.5) is 0 Å². The molecule has 0 aromatic carbocycles. The van der Waals surface area contributed by atoms with E-state index in [4.69, 9.17) is 0 Å². The zero-order chi connectivity index (χ0) is 28.5. The summed E-state index contributed by atoms with van der Waals surface area (Å²) >= 11 is 0. The quantitative estimate of drug-likeness (QED) is 0.297. The summed E-state index contributed by atoms with van der Waals surface area (Å²) in [7, 11) is 0. The molecule has 4 fully saturated rings. The molecule has 1 aliphatic heterocycles. The van der Waals surface area contributed by atoms with Gasteiger partial charge in [-0.3, -0.25) is 4.99 Å². The van der Waals surface area contributed by atoms with Crippen LogP contribution in [-0.2, 0) is 0 Å². The topological polar surface area (TPSA) is 73.1 Å². The lowest BCUT2D eigenvalue weighted by Gasteiger charge is -2.63. The van der Waals surface area contributed by atoms with Crippen LogP contribution in [0.5, 0.6) is 0 Å². The van der Waals surface area contributed by atoms with Gasteiger partial charge in [0.25, 0.3) is 0 Å². The minimum atomic E-state index is 0.128. The van der Waals surface area contributed by atoms with Crippen molar-refractivity contribution in [1.29, 1.82) is 0 Å². The van der Waals surface area contributed by atoms with Crippen LogP contribution in [0.25, 0.3) is 0 Å². The molecule has 10 atom stereocenters. The smallest absolute Gasteiger partial charge is 0.0576 e. The van der Waals surface area contributed by atoms with Crippen LogP contribution >= 0.6 is 0 Å². The van der Waals surface area contributed by atoms with E-state index >= 15 is 0 Å². The molecule has 40 heavy (non-hydrogen) atoms. The molecule has 222 valence electrons. The highest BCUT2D eigenvalue weighted by atomic mass is 16.3. The molecule has 4 saturated carbocycles. The summed E-state index contributed by atoms with van der Waals surface area (Å²) in [6.45, 7) is 16.4. The number of allylic oxidation sites excluding steroid dienone is 4. The molecule has 5 aliphatic carbocycles. The van der Waals surface area contributed by atoms with Gasteiger partial charge in [-0.15, -0.1) is 0 Å². The van der Waals surface area contributed by atoms with Crippen molar-refractivity contribution in [2.75, 3.05) is 26.4 Å². The van der Waals surface area contributed by atoms with Crippen molar-refractivity contribution in [3.63, 3.8) is 0 Å². The van der Waals surface area contributed by atoms with Crippen molar-refractivity contribution >= 4 is 6.21 Å². The number of aliphatic imine (C=N–C) groups is 1. The number of nitrogens with zero attached hydrogens (tertiary/aromatic N) is 1. The highest BCUT2D eigenvalue weighted by Gasteiger charge is 2.76. The van der Waals surface area contributed by atoms with Crippen LogP contribution in [0.2, 0.25) is 0 Å². The number of aliphatic hydroxyl groups is 3. The van der Waals surface area contributed by atoms with Crippen molar-refractivity contribution in [3.8, 4) is 0 Å². The second-order valence-corrected chi connectivity index (χ2v) is 15.9. The van der Waals surface area contributed by atoms with Crippen LogP contribution in [0, 0.1) is 63.1 Å². The third kappa shape index (κ3) is 4.13. The van der Waals surface area contributed by atoms with Gasteiger partial charge in [-0.05, 0) is 133 Å². The Kier molecular flexibility index (Phi) is 7.36. The standard InChI is InChI=1S/C36H55NO3/c1-23-15-30-34(5,32-31(23)33(32,3)4)24(2)36(12-9-28(7-6-14-38)29(36)21-40)22-35(30)11-8-25(18-35)16-27(20-39)17-26-10-13-37-19-26/h10,15,19,24-25,27-29,31-32,38-40H,1,6-9,11-14,16-18,20-22H2,2-5H3. The van der Waals surface area contributed by atoms with E-state index in [9.17, 15) is 15.3 Å². The number of rotatable bonds is 9. The summed E-state index contributed by atoms with van der Waals surface area (Å²) in [4.78, 5) is 4.37. The van der Waals surface area contributed by atoms with Gasteiger partial charge in [0.2, 0.25) is 0 Å². The van der Waals surface area contributed by atoms with Crippen LogP contribution in [-0.4, -0.2) is 47.9 Å². The Morgan fingerprint density at radius 2 is 1.93 bits per heavy atom. The van der Waals surface area contributed by atoms with E-state index in [1.807, 2.05) is 6.21 Å². The lowest BCUT2D eigenvalue weighted by atomic mass is 9.41.